The lowest BCUT2D eigenvalue weighted by Crippen LogP contribution is -2.50. The Hall–Kier alpha value is -2.21. The molecule has 1 aliphatic heterocycles. The molecule has 25 heavy (non-hydrogen) atoms. The van der Waals surface area contributed by atoms with E-state index < -0.39 is 10.0 Å². The topological polar surface area (TPSA) is 81.5 Å². The van der Waals surface area contributed by atoms with Crippen LogP contribution in [0.2, 0.25) is 0 Å². The Bertz CT molecular complexity index is 893. The average Bonchev–Trinajstić information content (AvgIpc) is 3.14. The van der Waals surface area contributed by atoms with E-state index in [4.69, 9.17) is 5.26 Å². The van der Waals surface area contributed by atoms with Gasteiger partial charge in [0, 0.05) is 26.2 Å². The molecule has 8 heteroatoms. The predicted octanol–water partition coefficient (Wildman–Crippen LogP) is 1.70. The van der Waals surface area contributed by atoms with Crippen LogP contribution in [0, 0.1) is 11.3 Å². The first-order valence-corrected chi connectivity index (χ1v) is 10.2. The van der Waals surface area contributed by atoms with E-state index >= 15 is 0 Å². The fourth-order valence-electron chi connectivity index (χ4n) is 2.78. The summed E-state index contributed by atoms with van der Waals surface area (Å²) in [6, 6.07) is 10.0. The van der Waals surface area contributed by atoms with E-state index in [9.17, 15) is 13.2 Å². The van der Waals surface area contributed by atoms with Gasteiger partial charge in [0.15, 0.2) is 0 Å². The highest BCUT2D eigenvalue weighted by Gasteiger charge is 2.31. The molecule has 1 amide bonds. The van der Waals surface area contributed by atoms with Gasteiger partial charge in [-0.05, 0) is 34.5 Å². The number of carbonyl (C=O) groups is 1. The molecular weight excluding hydrogens is 358 g/mol. The highest BCUT2D eigenvalue weighted by Crippen LogP contribution is 2.21. The molecule has 0 bridgehead atoms. The highest BCUT2D eigenvalue weighted by molar-refractivity contribution is 7.89. The van der Waals surface area contributed by atoms with Gasteiger partial charge in [-0.25, -0.2) is 8.42 Å². The Balaban J connectivity index is 1.67. The maximum absolute atomic E-state index is 12.8. The summed E-state index contributed by atoms with van der Waals surface area (Å²) in [5, 5.41) is 13.0. The molecule has 0 radical (unpaired) electrons. The molecule has 0 aliphatic carbocycles. The van der Waals surface area contributed by atoms with E-state index in [1.54, 1.807) is 28.4 Å². The first-order valence-electron chi connectivity index (χ1n) is 7.80. The number of hydrogen-bond donors (Lipinski definition) is 0. The summed E-state index contributed by atoms with van der Waals surface area (Å²) in [5.41, 5.74) is 1.12. The van der Waals surface area contributed by atoms with Crippen molar-refractivity contribution in [2.24, 2.45) is 0 Å². The van der Waals surface area contributed by atoms with E-state index in [0.717, 1.165) is 5.56 Å². The number of sulfonamides is 1. The number of nitrogens with zero attached hydrogens (tertiary/aromatic N) is 3. The smallest absolute Gasteiger partial charge is 0.244 e. The number of carbonyl (C=O) groups excluding carboxylic acids is 1. The van der Waals surface area contributed by atoms with Gasteiger partial charge in [-0.1, -0.05) is 12.1 Å². The molecule has 0 spiro atoms. The molecule has 6 nitrogen and oxygen atoms in total. The minimum Gasteiger partial charge on any atom is -0.340 e. The standard InChI is InChI=1S/C17H17N3O3S2/c18-12-15-3-1-2-4-16(15)25(22,23)20-8-6-19(7-9-20)17(21)11-14-5-10-24-13-14/h1-5,10,13H,6-9,11H2. The van der Waals surface area contributed by atoms with E-state index in [1.807, 2.05) is 22.9 Å². The monoisotopic (exact) mass is 375 g/mol. The van der Waals surface area contributed by atoms with Crippen LogP contribution in [0.15, 0.2) is 46.0 Å². The summed E-state index contributed by atoms with van der Waals surface area (Å²) in [6.07, 6.45) is 0.341. The Labute approximate surface area is 151 Å². The van der Waals surface area contributed by atoms with E-state index in [0.29, 0.717) is 19.5 Å². The number of piperazine rings is 1. The van der Waals surface area contributed by atoms with Crippen LogP contribution in [0.1, 0.15) is 11.1 Å². The zero-order chi connectivity index (χ0) is 17.9. The van der Waals surface area contributed by atoms with Crippen molar-refractivity contribution in [2.75, 3.05) is 26.2 Å². The van der Waals surface area contributed by atoms with Gasteiger partial charge >= 0.3 is 0 Å². The summed E-state index contributed by atoms with van der Waals surface area (Å²) in [5.74, 6) is 0.00729. The van der Waals surface area contributed by atoms with Crippen LogP contribution in [-0.4, -0.2) is 49.7 Å². The van der Waals surface area contributed by atoms with Crippen molar-refractivity contribution in [3.05, 3.63) is 52.2 Å². The molecule has 130 valence electrons. The van der Waals surface area contributed by atoms with E-state index in [1.165, 1.54) is 16.4 Å². The lowest BCUT2D eigenvalue weighted by molar-refractivity contribution is -0.131. The van der Waals surface area contributed by atoms with Gasteiger partial charge in [-0.2, -0.15) is 20.9 Å². The minimum atomic E-state index is -3.73. The molecule has 1 aromatic heterocycles. The average molecular weight is 375 g/mol. The van der Waals surface area contributed by atoms with Crippen molar-refractivity contribution in [3.63, 3.8) is 0 Å². The fraction of sp³-hybridized carbons (Fsp3) is 0.294. The van der Waals surface area contributed by atoms with Crippen LogP contribution in [0.4, 0.5) is 0 Å². The molecule has 2 heterocycles. The van der Waals surface area contributed by atoms with Crippen LogP contribution < -0.4 is 0 Å². The number of hydrogen-bond acceptors (Lipinski definition) is 5. The SMILES string of the molecule is N#Cc1ccccc1S(=O)(=O)N1CCN(C(=O)Cc2ccsc2)CC1. The number of nitriles is 1. The molecule has 1 aliphatic rings. The molecular formula is C17H17N3O3S2. The molecule has 1 saturated heterocycles. The molecule has 0 saturated carbocycles. The first-order chi connectivity index (χ1) is 12.0. The number of rotatable bonds is 4. The third-order valence-electron chi connectivity index (χ3n) is 4.15. The van der Waals surface area contributed by atoms with Gasteiger partial charge < -0.3 is 4.90 Å². The molecule has 0 atom stereocenters. The maximum Gasteiger partial charge on any atom is 0.244 e. The number of amides is 1. The van der Waals surface area contributed by atoms with Crippen LogP contribution in [-0.2, 0) is 21.2 Å². The Morgan fingerprint density at radius 1 is 1.16 bits per heavy atom. The van der Waals surface area contributed by atoms with Crippen molar-refractivity contribution in [1.82, 2.24) is 9.21 Å². The van der Waals surface area contributed by atoms with Crippen molar-refractivity contribution in [1.29, 1.82) is 5.26 Å². The molecule has 1 fully saturated rings. The summed E-state index contributed by atoms with van der Waals surface area (Å²) in [4.78, 5) is 14.0. The lowest BCUT2D eigenvalue weighted by Gasteiger charge is -2.34. The summed E-state index contributed by atoms with van der Waals surface area (Å²) in [7, 11) is -3.73. The second kappa shape index (κ2) is 7.35. The van der Waals surface area contributed by atoms with Gasteiger partial charge in [-0.3, -0.25) is 4.79 Å². The largest absolute Gasteiger partial charge is 0.340 e. The zero-order valence-corrected chi connectivity index (χ0v) is 15.1. The van der Waals surface area contributed by atoms with Gasteiger partial charge in [-0.15, -0.1) is 0 Å². The second-order valence-corrected chi connectivity index (χ2v) is 8.39. The molecule has 0 N–H and O–H groups in total. The van der Waals surface area contributed by atoms with Crippen molar-refractivity contribution >= 4 is 27.3 Å². The van der Waals surface area contributed by atoms with Crippen molar-refractivity contribution < 1.29 is 13.2 Å². The Morgan fingerprint density at radius 3 is 2.52 bits per heavy atom. The van der Waals surface area contributed by atoms with Gasteiger partial charge in [0.05, 0.1) is 16.9 Å². The van der Waals surface area contributed by atoms with Crippen LogP contribution in [0.25, 0.3) is 0 Å². The fourth-order valence-corrected chi connectivity index (χ4v) is 5.01. The van der Waals surface area contributed by atoms with Crippen LogP contribution >= 0.6 is 11.3 Å². The number of benzene rings is 1. The Morgan fingerprint density at radius 2 is 1.88 bits per heavy atom. The molecule has 1 aromatic carbocycles. The Kier molecular flexibility index (Phi) is 5.18. The van der Waals surface area contributed by atoms with Crippen molar-refractivity contribution in [3.8, 4) is 6.07 Å². The lowest BCUT2D eigenvalue weighted by atomic mass is 10.2. The van der Waals surface area contributed by atoms with E-state index in [-0.39, 0.29) is 29.5 Å². The highest BCUT2D eigenvalue weighted by atomic mass is 32.2. The second-order valence-electron chi connectivity index (χ2n) is 5.70. The molecule has 0 unspecified atom stereocenters. The third-order valence-corrected chi connectivity index (χ3v) is 6.84. The predicted molar refractivity (Wildman–Crippen MR) is 94.5 cm³/mol. The van der Waals surface area contributed by atoms with Gasteiger partial charge in [0.1, 0.15) is 6.07 Å². The van der Waals surface area contributed by atoms with Gasteiger partial charge in [0.2, 0.25) is 15.9 Å². The quantitative estimate of drug-likeness (QED) is 0.814. The van der Waals surface area contributed by atoms with Crippen molar-refractivity contribution in [2.45, 2.75) is 11.3 Å². The van der Waals surface area contributed by atoms with Crippen LogP contribution in [0.3, 0.4) is 0 Å². The normalized spacial score (nSPS) is 15.7. The number of thiophene rings is 1. The first kappa shape index (κ1) is 17.6. The molecule has 2 aromatic rings. The van der Waals surface area contributed by atoms with Crippen LogP contribution in [0.5, 0.6) is 0 Å². The summed E-state index contributed by atoms with van der Waals surface area (Å²) >= 11 is 1.55. The van der Waals surface area contributed by atoms with E-state index in [2.05, 4.69) is 0 Å². The molecule has 3 rings (SSSR count). The minimum absolute atomic E-state index is 0.00729. The summed E-state index contributed by atoms with van der Waals surface area (Å²) < 4.78 is 26.9. The summed E-state index contributed by atoms with van der Waals surface area (Å²) in [6.45, 7) is 1.18. The zero-order valence-electron chi connectivity index (χ0n) is 13.5. The third kappa shape index (κ3) is 3.74. The van der Waals surface area contributed by atoms with Gasteiger partial charge in [0.25, 0.3) is 0 Å². The maximum atomic E-state index is 12.8.